The maximum atomic E-state index is 13.4. The molecule has 0 saturated heterocycles. The van der Waals surface area contributed by atoms with E-state index < -0.39 is 34.2 Å². The molecule has 6 nitrogen and oxygen atoms in total. The summed E-state index contributed by atoms with van der Waals surface area (Å²) in [7, 11) is -3.39. The van der Waals surface area contributed by atoms with Gasteiger partial charge in [-0.2, -0.15) is 18.3 Å². The molecule has 0 aliphatic rings. The first-order valence-corrected chi connectivity index (χ1v) is 12.0. The fourth-order valence-electron chi connectivity index (χ4n) is 3.07. The lowest BCUT2D eigenvalue weighted by Gasteiger charge is -2.09. The number of sulfone groups is 1. The van der Waals surface area contributed by atoms with Gasteiger partial charge in [0.15, 0.2) is 15.5 Å². The van der Waals surface area contributed by atoms with Gasteiger partial charge in [-0.3, -0.25) is 9.48 Å². The normalized spacial score (nSPS) is 12.1. The standard InChI is InChI=1S/C21H18BrF3N2O4S/c1-3-31-17(28)12-27-19(18(22)20(26-27)21(23,24)25)14-9-7-13(8-10-14)15-5-4-6-16(11-15)32(2,29)30/h4-11H,3,12H2,1-2H3. The van der Waals surface area contributed by atoms with Gasteiger partial charge >= 0.3 is 12.1 Å². The van der Waals surface area contributed by atoms with E-state index in [1.165, 1.54) is 12.1 Å². The van der Waals surface area contributed by atoms with Crippen LogP contribution in [0.15, 0.2) is 57.9 Å². The topological polar surface area (TPSA) is 78.3 Å². The monoisotopic (exact) mass is 530 g/mol. The lowest BCUT2D eigenvalue weighted by Crippen LogP contribution is -2.16. The molecule has 2 aromatic carbocycles. The van der Waals surface area contributed by atoms with Crippen LogP contribution in [0.4, 0.5) is 13.2 Å². The Balaban J connectivity index is 2.05. The zero-order chi connectivity index (χ0) is 23.7. The summed E-state index contributed by atoms with van der Waals surface area (Å²) in [5.74, 6) is -0.716. The van der Waals surface area contributed by atoms with Crippen LogP contribution in [0.3, 0.4) is 0 Å². The van der Waals surface area contributed by atoms with Crippen LogP contribution in [0.25, 0.3) is 22.4 Å². The van der Waals surface area contributed by atoms with E-state index in [0.29, 0.717) is 16.7 Å². The Morgan fingerprint density at radius 1 is 1.09 bits per heavy atom. The first kappa shape index (κ1) is 24.0. The van der Waals surface area contributed by atoms with Crippen molar-refractivity contribution in [2.75, 3.05) is 12.9 Å². The highest BCUT2D eigenvalue weighted by atomic mass is 79.9. The number of benzene rings is 2. The lowest BCUT2D eigenvalue weighted by molar-refractivity contribution is -0.146. The van der Waals surface area contributed by atoms with Gasteiger partial charge in [0.2, 0.25) is 0 Å². The van der Waals surface area contributed by atoms with Crippen molar-refractivity contribution in [3.8, 4) is 22.4 Å². The van der Waals surface area contributed by atoms with Crippen LogP contribution in [-0.2, 0) is 32.1 Å². The highest BCUT2D eigenvalue weighted by Gasteiger charge is 2.39. The molecule has 32 heavy (non-hydrogen) atoms. The van der Waals surface area contributed by atoms with Crippen molar-refractivity contribution < 1.29 is 31.1 Å². The molecule has 0 amide bonds. The van der Waals surface area contributed by atoms with Crippen LogP contribution >= 0.6 is 15.9 Å². The van der Waals surface area contributed by atoms with Gasteiger partial charge in [0.1, 0.15) is 6.54 Å². The average Bonchev–Trinajstić information content (AvgIpc) is 3.04. The number of carbonyl (C=O) groups excluding carboxylic acids is 1. The molecule has 170 valence electrons. The van der Waals surface area contributed by atoms with Gasteiger partial charge in [0.25, 0.3) is 0 Å². The van der Waals surface area contributed by atoms with Crippen LogP contribution in [0.1, 0.15) is 12.6 Å². The second-order valence-corrected chi connectivity index (χ2v) is 9.66. The molecule has 11 heteroatoms. The maximum absolute atomic E-state index is 13.4. The van der Waals surface area contributed by atoms with Crippen molar-refractivity contribution in [3.05, 3.63) is 58.7 Å². The van der Waals surface area contributed by atoms with Crippen molar-refractivity contribution in [3.63, 3.8) is 0 Å². The molecule has 1 heterocycles. The van der Waals surface area contributed by atoms with E-state index >= 15 is 0 Å². The lowest BCUT2D eigenvalue weighted by atomic mass is 10.0. The maximum Gasteiger partial charge on any atom is 0.436 e. The second-order valence-electron chi connectivity index (χ2n) is 6.85. The molecule has 0 N–H and O–H groups in total. The van der Waals surface area contributed by atoms with E-state index in [2.05, 4.69) is 21.0 Å². The van der Waals surface area contributed by atoms with Crippen molar-refractivity contribution in [1.29, 1.82) is 0 Å². The summed E-state index contributed by atoms with van der Waals surface area (Å²) in [4.78, 5) is 12.0. The van der Waals surface area contributed by atoms with Gasteiger partial charge < -0.3 is 4.74 Å². The number of aromatic nitrogens is 2. The van der Waals surface area contributed by atoms with E-state index in [1.54, 1.807) is 43.3 Å². The number of alkyl halides is 3. The largest absolute Gasteiger partial charge is 0.465 e. The molecule has 3 rings (SSSR count). The smallest absolute Gasteiger partial charge is 0.436 e. The Morgan fingerprint density at radius 3 is 2.28 bits per heavy atom. The number of hydrogen-bond acceptors (Lipinski definition) is 5. The summed E-state index contributed by atoms with van der Waals surface area (Å²) in [5.41, 5.74) is 0.605. The Bertz CT molecular complexity index is 1250. The molecular weight excluding hydrogens is 513 g/mol. The summed E-state index contributed by atoms with van der Waals surface area (Å²) in [6, 6.07) is 12.8. The highest BCUT2D eigenvalue weighted by molar-refractivity contribution is 9.10. The van der Waals surface area contributed by atoms with Crippen LogP contribution < -0.4 is 0 Å². The number of halogens is 4. The minimum Gasteiger partial charge on any atom is -0.465 e. The third kappa shape index (κ3) is 5.21. The van der Waals surface area contributed by atoms with Gasteiger partial charge in [-0.1, -0.05) is 36.4 Å². The summed E-state index contributed by atoms with van der Waals surface area (Å²) >= 11 is 2.98. The van der Waals surface area contributed by atoms with Gasteiger partial charge in [0.05, 0.1) is 21.7 Å². The average molecular weight is 531 g/mol. The molecule has 0 saturated carbocycles. The number of esters is 1. The molecule has 0 atom stereocenters. The highest BCUT2D eigenvalue weighted by Crippen LogP contribution is 2.40. The summed E-state index contributed by atoms with van der Waals surface area (Å²) < 4.78 is 69.3. The van der Waals surface area contributed by atoms with Crippen molar-refractivity contribution in [2.45, 2.75) is 24.5 Å². The van der Waals surface area contributed by atoms with Crippen LogP contribution in [0.5, 0.6) is 0 Å². The number of carbonyl (C=O) groups is 1. The molecule has 1 aromatic heterocycles. The fraction of sp³-hybridized carbons (Fsp3) is 0.238. The zero-order valence-electron chi connectivity index (χ0n) is 17.0. The number of ether oxygens (including phenoxy) is 1. The predicted octanol–water partition coefficient (Wildman–Crippen LogP) is 4.97. The Hall–Kier alpha value is -2.66. The molecular formula is C21H18BrF3N2O4S. The van der Waals surface area contributed by atoms with Gasteiger partial charge in [-0.25, -0.2) is 8.42 Å². The third-order valence-electron chi connectivity index (χ3n) is 4.50. The first-order valence-electron chi connectivity index (χ1n) is 9.32. The quantitative estimate of drug-likeness (QED) is 0.420. The Kier molecular flexibility index (Phi) is 6.80. The predicted molar refractivity (Wildman–Crippen MR) is 116 cm³/mol. The number of hydrogen-bond donors (Lipinski definition) is 0. The number of nitrogens with zero attached hydrogens (tertiary/aromatic N) is 2. The van der Waals surface area contributed by atoms with E-state index in [0.717, 1.165) is 10.9 Å². The van der Waals surface area contributed by atoms with Gasteiger partial charge in [-0.05, 0) is 46.1 Å². The van der Waals surface area contributed by atoms with Crippen LogP contribution in [-0.4, -0.2) is 37.0 Å². The van der Waals surface area contributed by atoms with Gasteiger partial charge in [-0.15, -0.1) is 0 Å². The van der Waals surface area contributed by atoms with Crippen LogP contribution in [0, 0.1) is 0 Å². The molecule has 0 fully saturated rings. The first-order chi connectivity index (χ1) is 14.9. The van der Waals surface area contributed by atoms with Crippen molar-refractivity contribution in [1.82, 2.24) is 9.78 Å². The Labute approximate surface area is 191 Å². The summed E-state index contributed by atoms with van der Waals surface area (Å²) in [6.45, 7) is 1.19. The van der Waals surface area contributed by atoms with E-state index in [1.807, 2.05) is 0 Å². The second kappa shape index (κ2) is 9.07. The minimum atomic E-state index is -4.72. The fourth-order valence-corrected chi connectivity index (χ4v) is 4.47. The third-order valence-corrected chi connectivity index (χ3v) is 6.36. The molecule has 3 aromatic rings. The van der Waals surface area contributed by atoms with E-state index in [9.17, 15) is 26.4 Å². The molecule has 0 aliphatic carbocycles. The molecule has 0 bridgehead atoms. The Morgan fingerprint density at radius 2 is 1.72 bits per heavy atom. The van der Waals surface area contributed by atoms with Crippen molar-refractivity contribution >= 4 is 31.7 Å². The number of rotatable bonds is 6. The molecule has 0 aliphatic heterocycles. The molecule has 0 radical (unpaired) electrons. The minimum absolute atomic E-state index is 0.0711. The van der Waals surface area contributed by atoms with E-state index in [4.69, 9.17) is 4.74 Å². The van der Waals surface area contributed by atoms with Gasteiger partial charge in [0, 0.05) is 11.8 Å². The van der Waals surface area contributed by atoms with Crippen LogP contribution in [0.2, 0.25) is 0 Å². The molecule has 0 unspecified atom stereocenters. The van der Waals surface area contributed by atoms with E-state index in [-0.39, 0.29) is 21.7 Å². The SMILES string of the molecule is CCOC(=O)Cn1nc(C(F)(F)F)c(Br)c1-c1ccc(-c2cccc(S(C)(=O)=O)c2)cc1. The summed E-state index contributed by atoms with van der Waals surface area (Å²) in [6.07, 6.45) is -3.62. The molecule has 0 spiro atoms. The summed E-state index contributed by atoms with van der Waals surface area (Å²) in [5, 5.41) is 3.58. The van der Waals surface area contributed by atoms with Crippen molar-refractivity contribution in [2.24, 2.45) is 0 Å². The zero-order valence-corrected chi connectivity index (χ0v) is 19.4.